The van der Waals surface area contributed by atoms with E-state index < -0.39 is 0 Å². The molecular formula is C20H23NO4. The zero-order valence-electron chi connectivity index (χ0n) is 14.8. The van der Waals surface area contributed by atoms with E-state index in [1.54, 1.807) is 0 Å². The van der Waals surface area contributed by atoms with Gasteiger partial charge >= 0.3 is 5.97 Å². The van der Waals surface area contributed by atoms with Crippen LogP contribution in [-0.2, 0) is 28.8 Å². The molecular weight excluding hydrogens is 318 g/mol. The SMILES string of the molecule is Cc1noc(C)c1CCC(=O)OCC(=O)c1ccc2c(c1)CCCC2. The summed E-state index contributed by atoms with van der Waals surface area (Å²) in [6.45, 7) is 3.45. The Morgan fingerprint density at radius 1 is 1.16 bits per heavy atom. The monoisotopic (exact) mass is 341 g/mol. The van der Waals surface area contributed by atoms with Gasteiger partial charge in [0.1, 0.15) is 5.76 Å². The second-order valence-electron chi connectivity index (χ2n) is 6.58. The Balaban J connectivity index is 1.51. The summed E-state index contributed by atoms with van der Waals surface area (Å²) in [4.78, 5) is 24.2. The van der Waals surface area contributed by atoms with Gasteiger partial charge in [0.05, 0.1) is 5.69 Å². The third kappa shape index (κ3) is 4.16. The Bertz CT molecular complexity index is 771. The Kier molecular flexibility index (Phi) is 5.31. The van der Waals surface area contributed by atoms with Crippen LogP contribution in [0.2, 0.25) is 0 Å². The number of fused-ring (bicyclic) bond motifs is 1. The molecule has 0 saturated carbocycles. The highest BCUT2D eigenvalue weighted by Gasteiger charge is 2.16. The predicted octanol–water partition coefficient (Wildman–Crippen LogP) is 3.53. The van der Waals surface area contributed by atoms with Crippen LogP contribution in [0.4, 0.5) is 0 Å². The zero-order chi connectivity index (χ0) is 17.8. The first kappa shape index (κ1) is 17.4. The summed E-state index contributed by atoms with van der Waals surface area (Å²) in [7, 11) is 0. The average Bonchev–Trinajstić information content (AvgIpc) is 2.95. The predicted molar refractivity (Wildman–Crippen MR) is 92.7 cm³/mol. The molecule has 0 saturated heterocycles. The van der Waals surface area contributed by atoms with Gasteiger partial charge in [-0.2, -0.15) is 0 Å². The van der Waals surface area contributed by atoms with Gasteiger partial charge in [-0.1, -0.05) is 17.3 Å². The number of aromatic nitrogens is 1. The molecule has 0 aliphatic heterocycles. The number of benzene rings is 1. The number of esters is 1. The van der Waals surface area contributed by atoms with Crippen molar-refractivity contribution in [2.24, 2.45) is 0 Å². The van der Waals surface area contributed by atoms with Gasteiger partial charge in [-0.15, -0.1) is 0 Å². The van der Waals surface area contributed by atoms with Crippen LogP contribution in [0, 0.1) is 13.8 Å². The molecule has 0 spiro atoms. The van der Waals surface area contributed by atoms with Crippen LogP contribution < -0.4 is 0 Å². The van der Waals surface area contributed by atoms with Crippen LogP contribution in [0.5, 0.6) is 0 Å². The number of aryl methyl sites for hydroxylation is 4. The molecule has 1 aromatic carbocycles. The van der Waals surface area contributed by atoms with E-state index >= 15 is 0 Å². The molecule has 5 heteroatoms. The highest BCUT2D eigenvalue weighted by atomic mass is 16.5. The molecule has 1 aliphatic carbocycles. The molecule has 1 aliphatic rings. The quantitative estimate of drug-likeness (QED) is 0.594. The molecule has 0 amide bonds. The Morgan fingerprint density at radius 2 is 1.92 bits per heavy atom. The second-order valence-corrected chi connectivity index (χ2v) is 6.58. The molecule has 0 bridgehead atoms. The fraction of sp³-hybridized carbons (Fsp3) is 0.450. The van der Waals surface area contributed by atoms with Crippen LogP contribution in [0.15, 0.2) is 22.7 Å². The molecule has 132 valence electrons. The van der Waals surface area contributed by atoms with Crippen LogP contribution in [0.1, 0.15) is 57.8 Å². The summed E-state index contributed by atoms with van der Waals surface area (Å²) in [5.41, 5.74) is 4.92. The van der Waals surface area contributed by atoms with E-state index in [2.05, 4.69) is 5.16 Å². The number of carbonyl (C=O) groups excluding carboxylic acids is 2. The average molecular weight is 341 g/mol. The van der Waals surface area contributed by atoms with Gasteiger partial charge < -0.3 is 9.26 Å². The molecule has 0 atom stereocenters. The third-order valence-electron chi connectivity index (χ3n) is 4.80. The van der Waals surface area contributed by atoms with Crippen molar-refractivity contribution in [2.45, 2.75) is 52.4 Å². The van der Waals surface area contributed by atoms with Crippen molar-refractivity contribution in [3.63, 3.8) is 0 Å². The minimum atomic E-state index is -0.383. The number of rotatable bonds is 6. The van der Waals surface area contributed by atoms with Crippen molar-refractivity contribution in [3.8, 4) is 0 Å². The van der Waals surface area contributed by atoms with Gasteiger partial charge in [0, 0.05) is 17.5 Å². The molecule has 0 N–H and O–H groups in total. The molecule has 1 heterocycles. The lowest BCUT2D eigenvalue weighted by Gasteiger charge is -2.16. The lowest BCUT2D eigenvalue weighted by molar-refractivity contribution is -0.142. The van der Waals surface area contributed by atoms with Crippen LogP contribution in [0.25, 0.3) is 0 Å². The van der Waals surface area contributed by atoms with E-state index in [-0.39, 0.29) is 24.8 Å². The lowest BCUT2D eigenvalue weighted by atomic mass is 9.90. The first-order chi connectivity index (χ1) is 12.0. The number of ether oxygens (including phenoxy) is 1. The van der Waals surface area contributed by atoms with Crippen molar-refractivity contribution in [1.29, 1.82) is 0 Å². The Labute approximate surface area is 147 Å². The summed E-state index contributed by atoms with van der Waals surface area (Å²) in [6, 6.07) is 5.82. The minimum absolute atomic E-state index is 0.154. The van der Waals surface area contributed by atoms with Crippen molar-refractivity contribution in [3.05, 3.63) is 51.9 Å². The van der Waals surface area contributed by atoms with E-state index in [0.29, 0.717) is 12.0 Å². The molecule has 3 rings (SSSR count). The number of carbonyl (C=O) groups is 2. The molecule has 0 fully saturated rings. The maximum Gasteiger partial charge on any atom is 0.306 e. The fourth-order valence-electron chi connectivity index (χ4n) is 3.29. The zero-order valence-corrected chi connectivity index (χ0v) is 14.8. The number of Topliss-reactive ketones (excluding diaryl/α,β-unsaturated/α-hetero) is 1. The van der Waals surface area contributed by atoms with Gasteiger partial charge in [-0.3, -0.25) is 9.59 Å². The highest BCUT2D eigenvalue weighted by molar-refractivity contribution is 5.98. The van der Waals surface area contributed by atoms with E-state index in [0.717, 1.165) is 29.9 Å². The summed E-state index contributed by atoms with van der Waals surface area (Å²) >= 11 is 0. The van der Waals surface area contributed by atoms with E-state index in [4.69, 9.17) is 9.26 Å². The Hall–Kier alpha value is -2.43. The highest BCUT2D eigenvalue weighted by Crippen LogP contribution is 2.22. The topological polar surface area (TPSA) is 69.4 Å². The van der Waals surface area contributed by atoms with Crippen molar-refractivity contribution >= 4 is 11.8 Å². The smallest absolute Gasteiger partial charge is 0.306 e. The van der Waals surface area contributed by atoms with Crippen LogP contribution in [-0.4, -0.2) is 23.5 Å². The molecule has 0 unspecified atom stereocenters. The van der Waals surface area contributed by atoms with Gasteiger partial charge in [0.25, 0.3) is 0 Å². The second kappa shape index (κ2) is 7.64. The normalized spacial score (nSPS) is 13.4. The maximum absolute atomic E-state index is 12.3. The van der Waals surface area contributed by atoms with Gasteiger partial charge in [-0.25, -0.2) is 0 Å². The van der Waals surface area contributed by atoms with Crippen LogP contribution >= 0.6 is 0 Å². The maximum atomic E-state index is 12.3. The van der Waals surface area contributed by atoms with Crippen molar-refractivity contribution in [1.82, 2.24) is 5.16 Å². The number of ketones is 1. The molecule has 25 heavy (non-hydrogen) atoms. The summed E-state index contributed by atoms with van der Waals surface area (Å²) in [5.74, 6) is 0.181. The molecule has 2 aromatic rings. The van der Waals surface area contributed by atoms with Crippen molar-refractivity contribution < 1.29 is 18.8 Å². The van der Waals surface area contributed by atoms with Crippen LogP contribution in [0.3, 0.4) is 0 Å². The number of hydrogen-bond acceptors (Lipinski definition) is 5. The summed E-state index contributed by atoms with van der Waals surface area (Å²) < 4.78 is 10.2. The summed E-state index contributed by atoms with van der Waals surface area (Å²) in [5, 5.41) is 3.86. The van der Waals surface area contributed by atoms with E-state index in [1.807, 2.05) is 32.0 Å². The lowest BCUT2D eigenvalue weighted by Crippen LogP contribution is -2.15. The largest absolute Gasteiger partial charge is 0.457 e. The first-order valence-corrected chi connectivity index (χ1v) is 8.77. The number of hydrogen-bond donors (Lipinski definition) is 0. The van der Waals surface area contributed by atoms with Gasteiger partial charge in [0.2, 0.25) is 0 Å². The molecule has 1 aromatic heterocycles. The van der Waals surface area contributed by atoms with E-state index in [9.17, 15) is 9.59 Å². The first-order valence-electron chi connectivity index (χ1n) is 8.77. The summed E-state index contributed by atoms with van der Waals surface area (Å²) in [6.07, 6.45) is 5.20. The number of nitrogens with zero attached hydrogens (tertiary/aromatic N) is 1. The molecule has 0 radical (unpaired) electrons. The van der Waals surface area contributed by atoms with Gasteiger partial charge in [-0.05, 0) is 63.1 Å². The van der Waals surface area contributed by atoms with Gasteiger partial charge in [0.15, 0.2) is 12.4 Å². The Morgan fingerprint density at radius 3 is 2.64 bits per heavy atom. The third-order valence-corrected chi connectivity index (χ3v) is 4.80. The minimum Gasteiger partial charge on any atom is -0.457 e. The van der Waals surface area contributed by atoms with Crippen molar-refractivity contribution in [2.75, 3.05) is 6.61 Å². The standard InChI is InChI=1S/C20H23NO4/c1-13-18(14(2)25-21-13)9-10-20(23)24-12-19(22)17-8-7-15-5-3-4-6-16(15)11-17/h7-8,11H,3-6,9-10,12H2,1-2H3. The fourth-order valence-corrected chi connectivity index (χ4v) is 3.29. The molecule has 5 nitrogen and oxygen atoms in total. The van der Waals surface area contributed by atoms with E-state index in [1.165, 1.54) is 24.0 Å².